The summed E-state index contributed by atoms with van der Waals surface area (Å²) in [5, 5.41) is 17.3. The van der Waals surface area contributed by atoms with Crippen LogP contribution in [-0.4, -0.2) is 18.4 Å². The molecule has 0 rings (SSSR count). The lowest BCUT2D eigenvalue weighted by Crippen LogP contribution is -2.04. The highest BCUT2D eigenvalue weighted by atomic mass is 16.5. The second kappa shape index (κ2) is 4.40. The van der Waals surface area contributed by atoms with E-state index in [1.54, 1.807) is 6.92 Å². The second-order valence-corrected chi connectivity index (χ2v) is 1.31. The molecule has 0 aliphatic heterocycles. The summed E-state index contributed by atoms with van der Waals surface area (Å²) >= 11 is 0. The average Bonchev–Trinajstić information content (AvgIpc) is 1.91. The minimum absolute atomic E-state index is 0.250. The van der Waals surface area contributed by atoms with Crippen molar-refractivity contribution in [3.05, 3.63) is 16.0 Å². The Morgan fingerprint density at radius 3 is 2.80 bits per heavy atom. The molecule has 0 bridgehead atoms. The Hall–Kier alpha value is -1.48. The highest BCUT2D eigenvalue weighted by Gasteiger charge is 2.01. The molecule has 0 spiro atoms. The van der Waals surface area contributed by atoms with Crippen LogP contribution in [0.2, 0.25) is 0 Å². The topological polar surface area (TPSA) is 84.8 Å². The number of nitroso groups, excluding NO2 is 1. The normalized spacial score (nSPS) is 7.70. The van der Waals surface area contributed by atoms with E-state index in [-0.39, 0.29) is 6.61 Å². The molecule has 0 fully saturated rings. The Morgan fingerprint density at radius 2 is 2.50 bits per heavy atom. The van der Waals surface area contributed by atoms with Crippen LogP contribution in [0.3, 0.4) is 0 Å². The zero-order chi connectivity index (χ0) is 7.98. The molecule has 5 heteroatoms. The van der Waals surface area contributed by atoms with Gasteiger partial charge in [0.15, 0.2) is 5.70 Å². The molecule has 0 aliphatic rings. The summed E-state index contributed by atoms with van der Waals surface area (Å²) in [5.41, 5.74) is -0.526. The summed E-state index contributed by atoms with van der Waals surface area (Å²) in [6.07, 6.45) is 0. The molecule has 0 atom stereocenters. The van der Waals surface area contributed by atoms with Gasteiger partial charge in [-0.1, -0.05) is 0 Å². The maximum absolute atomic E-state index is 9.72. The van der Waals surface area contributed by atoms with Crippen LogP contribution in [0.1, 0.15) is 6.92 Å². The average molecular weight is 140 g/mol. The molecule has 0 saturated carbocycles. The van der Waals surface area contributed by atoms with Gasteiger partial charge in [-0.3, -0.25) is 5.41 Å². The summed E-state index contributed by atoms with van der Waals surface area (Å²) in [4.78, 5) is 9.72. The highest BCUT2D eigenvalue weighted by molar-refractivity contribution is 5.99. The van der Waals surface area contributed by atoms with Gasteiger partial charge in [0.25, 0.3) is 0 Å². The molecule has 0 unspecified atom stereocenters. The van der Waals surface area contributed by atoms with Crippen molar-refractivity contribution >= 4 is 11.8 Å². The predicted octanol–water partition coefficient (Wildman–Crippen LogP) is 0.890. The van der Waals surface area contributed by atoms with Crippen molar-refractivity contribution in [2.24, 2.45) is 5.18 Å². The van der Waals surface area contributed by atoms with Gasteiger partial charge in [-0.15, -0.1) is 4.91 Å². The Labute approximate surface area is 57.7 Å². The smallest absolute Gasteiger partial charge is 0.242 e. The van der Waals surface area contributed by atoms with Crippen molar-refractivity contribution in [2.45, 2.75) is 6.92 Å². The molecular weight excluding hydrogens is 134 g/mol. The van der Waals surface area contributed by atoms with Gasteiger partial charge in [0.05, 0.1) is 6.61 Å². The van der Waals surface area contributed by atoms with E-state index in [1.165, 1.54) is 5.87 Å². The Bertz CT molecular complexity index is 193. The van der Waals surface area contributed by atoms with Gasteiger partial charge >= 0.3 is 0 Å². The molecule has 54 valence electrons. The molecule has 0 saturated heterocycles. The molecule has 0 amide bonds. The first-order valence-electron chi connectivity index (χ1n) is 2.58. The van der Waals surface area contributed by atoms with E-state index < -0.39 is 11.6 Å². The number of ether oxygens (including phenoxy) is 1. The number of nitrogens with zero attached hydrogens (tertiary/aromatic N) is 2. The fourth-order valence-corrected chi connectivity index (χ4v) is 0.325. The second-order valence-electron chi connectivity index (χ2n) is 1.31. The Kier molecular flexibility index (Phi) is 3.75. The van der Waals surface area contributed by atoms with Crippen molar-refractivity contribution in [3.63, 3.8) is 0 Å². The SMILES string of the molecule is CCOC(=N)C(=C=[N-])N=O. The van der Waals surface area contributed by atoms with Crippen molar-refractivity contribution in [3.8, 4) is 0 Å². The van der Waals surface area contributed by atoms with Crippen molar-refractivity contribution in [1.82, 2.24) is 0 Å². The van der Waals surface area contributed by atoms with Crippen LogP contribution in [-0.2, 0) is 4.74 Å². The molecule has 5 nitrogen and oxygen atoms in total. The maximum Gasteiger partial charge on any atom is 0.242 e. The summed E-state index contributed by atoms with van der Waals surface area (Å²) in [6.45, 7) is 1.90. The van der Waals surface area contributed by atoms with Crippen molar-refractivity contribution in [2.75, 3.05) is 6.61 Å². The molecule has 0 aromatic carbocycles. The van der Waals surface area contributed by atoms with E-state index in [9.17, 15) is 4.91 Å². The molecule has 0 aromatic heterocycles. The first-order valence-corrected chi connectivity index (χ1v) is 2.58. The third kappa shape index (κ3) is 2.19. The quantitative estimate of drug-likeness (QED) is 0.358. The number of hydrogen-bond donors (Lipinski definition) is 1. The lowest BCUT2D eigenvalue weighted by molar-refractivity contribution is 0.325. The van der Waals surface area contributed by atoms with Gasteiger partial charge in [0.2, 0.25) is 5.90 Å². The van der Waals surface area contributed by atoms with Gasteiger partial charge in [-0.2, -0.15) is 0 Å². The minimum atomic E-state index is -0.526. The summed E-state index contributed by atoms with van der Waals surface area (Å²) in [7, 11) is 0. The summed E-state index contributed by atoms with van der Waals surface area (Å²) in [5.74, 6) is 0.952. The van der Waals surface area contributed by atoms with E-state index in [2.05, 4.69) is 9.91 Å². The van der Waals surface area contributed by atoms with Crippen LogP contribution in [0.15, 0.2) is 10.9 Å². The molecular formula is C5H6N3O2-. The first-order chi connectivity index (χ1) is 4.76. The summed E-state index contributed by atoms with van der Waals surface area (Å²) in [6, 6.07) is 0. The van der Waals surface area contributed by atoms with Crippen LogP contribution in [0, 0.1) is 10.3 Å². The van der Waals surface area contributed by atoms with Gasteiger partial charge < -0.3 is 10.1 Å². The van der Waals surface area contributed by atoms with Crippen molar-refractivity contribution in [1.29, 1.82) is 5.41 Å². The standard InChI is InChI=1S/C5H6N3O2/c1-2-10-5(7)4(3-6)8-9/h7H,2H2,1H3/q-1. The van der Waals surface area contributed by atoms with Crippen LogP contribution in [0.4, 0.5) is 0 Å². The third-order valence-corrected chi connectivity index (χ3v) is 0.701. The molecule has 10 heavy (non-hydrogen) atoms. The zero-order valence-electron chi connectivity index (χ0n) is 5.42. The molecule has 0 aromatic rings. The lowest BCUT2D eigenvalue weighted by atomic mass is 10.5. The van der Waals surface area contributed by atoms with Gasteiger partial charge in [-0.05, 0) is 12.1 Å². The molecule has 0 radical (unpaired) electrons. The van der Waals surface area contributed by atoms with Gasteiger partial charge in [0, 0.05) is 0 Å². The maximum atomic E-state index is 9.72. The first kappa shape index (κ1) is 8.52. The van der Waals surface area contributed by atoms with E-state index in [1.807, 2.05) is 0 Å². The Balaban J connectivity index is 4.18. The third-order valence-electron chi connectivity index (χ3n) is 0.701. The monoisotopic (exact) mass is 140 g/mol. The molecule has 0 heterocycles. The highest BCUT2D eigenvalue weighted by Crippen LogP contribution is 1.93. The predicted molar refractivity (Wildman–Crippen MR) is 37.0 cm³/mol. The minimum Gasteiger partial charge on any atom is -0.761 e. The van der Waals surface area contributed by atoms with E-state index in [0.29, 0.717) is 0 Å². The van der Waals surface area contributed by atoms with Crippen LogP contribution >= 0.6 is 0 Å². The number of rotatable bonds is 3. The van der Waals surface area contributed by atoms with Crippen molar-refractivity contribution < 1.29 is 4.74 Å². The lowest BCUT2D eigenvalue weighted by Gasteiger charge is -1.99. The van der Waals surface area contributed by atoms with Crippen LogP contribution in [0.25, 0.3) is 5.41 Å². The van der Waals surface area contributed by atoms with Crippen LogP contribution < -0.4 is 0 Å². The fourth-order valence-electron chi connectivity index (χ4n) is 0.325. The largest absolute Gasteiger partial charge is 0.761 e. The molecule has 1 N–H and O–H groups in total. The Morgan fingerprint density at radius 1 is 1.90 bits per heavy atom. The number of hydrogen-bond acceptors (Lipinski definition) is 4. The fraction of sp³-hybridized carbons (Fsp3) is 0.400. The van der Waals surface area contributed by atoms with E-state index >= 15 is 0 Å². The summed E-state index contributed by atoms with van der Waals surface area (Å²) < 4.78 is 4.52. The van der Waals surface area contributed by atoms with Gasteiger partial charge in [-0.25, -0.2) is 5.87 Å². The zero-order valence-corrected chi connectivity index (χ0v) is 5.42. The van der Waals surface area contributed by atoms with Gasteiger partial charge in [0.1, 0.15) is 0 Å². The van der Waals surface area contributed by atoms with E-state index in [4.69, 9.17) is 10.8 Å². The van der Waals surface area contributed by atoms with Crippen LogP contribution in [0.5, 0.6) is 0 Å². The van der Waals surface area contributed by atoms with E-state index in [0.717, 1.165) is 0 Å². The number of nitrogens with one attached hydrogen (secondary N) is 1. The molecule has 0 aliphatic carbocycles.